The van der Waals surface area contributed by atoms with E-state index in [1.165, 1.54) is 22.1 Å². The summed E-state index contributed by atoms with van der Waals surface area (Å²) in [5.41, 5.74) is 1.95. The number of benzene rings is 2. The van der Waals surface area contributed by atoms with Crippen LogP contribution in [-0.4, -0.2) is 14.8 Å². The van der Waals surface area contributed by atoms with Gasteiger partial charge in [-0.05, 0) is 31.5 Å². The van der Waals surface area contributed by atoms with Gasteiger partial charge in [0.15, 0.2) is 5.52 Å². The molecule has 0 saturated heterocycles. The number of aromatic nitrogens is 3. The standard InChI is InChI=1S/C21H16F3N3OS/c1-12-6-8-15(9-7-12)17-19-18(25-13(2)29-19)20(28)27(26-17)11-14-4-3-5-16(10-14)21(22,23)24/h3-10H,11H2,1-2H3. The highest BCUT2D eigenvalue weighted by atomic mass is 32.1. The van der Waals surface area contributed by atoms with Crippen molar-refractivity contribution < 1.29 is 13.2 Å². The minimum atomic E-state index is -4.45. The molecule has 148 valence electrons. The van der Waals surface area contributed by atoms with Crippen LogP contribution in [0.15, 0.2) is 53.3 Å². The summed E-state index contributed by atoms with van der Waals surface area (Å²) in [7, 11) is 0. The Morgan fingerprint density at radius 3 is 2.48 bits per heavy atom. The molecule has 0 radical (unpaired) electrons. The van der Waals surface area contributed by atoms with Gasteiger partial charge in [0.2, 0.25) is 0 Å². The Balaban J connectivity index is 1.86. The van der Waals surface area contributed by atoms with E-state index in [-0.39, 0.29) is 12.1 Å². The molecule has 0 amide bonds. The van der Waals surface area contributed by atoms with Crippen molar-refractivity contribution >= 4 is 21.6 Å². The Labute approximate surface area is 168 Å². The first-order valence-electron chi connectivity index (χ1n) is 8.84. The van der Waals surface area contributed by atoms with Crippen molar-refractivity contribution in [2.45, 2.75) is 26.6 Å². The fraction of sp³-hybridized carbons (Fsp3) is 0.190. The summed E-state index contributed by atoms with van der Waals surface area (Å²) in [6.07, 6.45) is -4.45. The number of thiazole rings is 1. The van der Waals surface area contributed by atoms with Crippen LogP contribution in [0.4, 0.5) is 13.2 Å². The summed E-state index contributed by atoms with van der Waals surface area (Å²) < 4.78 is 40.9. The van der Waals surface area contributed by atoms with Crippen LogP contribution >= 0.6 is 11.3 Å². The maximum Gasteiger partial charge on any atom is 0.416 e. The molecule has 0 bridgehead atoms. The second-order valence-electron chi connectivity index (χ2n) is 6.79. The molecule has 0 saturated carbocycles. The SMILES string of the molecule is Cc1ccc(-c2nn(Cc3cccc(C(F)(F)F)c3)c(=O)c3nc(C)sc23)cc1. The molecular formula is C21H16F3N3OS. The van der Waals surface area contributed by atoms with Gasteiger partial charge in [-0.2, -0.15) is 18.3 Å². The number of nitrogens with zero attached hydrogens (tertiary/aromatic N) is 3. The smallest absolute Gasteiger partial charge is 0.265 e. The van der Waals surface area contributed by atoms with Gasteiger partial charge in [-0.1, -0.05) is 42.0 Å². The normalized spacial score (nSPS) is 11.9. The summed E-state index contributed by atoms with van der Waals surface area (Å²) in [6, 6.07) is 12.6. The zero-order chi connectivity index (χ0) is 20.8. The average Bonchev–Trinajstić information content (AvgIpc) is 3.06. The molecule has 0 N–H and O–H groups in total. The highest BCUT2D eigenvalue weighted by molar-refractivity contribution is 7.19. The molecule has 0 spiro atoms. The first-order valence-corrected chi connectivity index (χ1v) is 9.65. The maximum atomic E-state index is 13.0. The van der Waals surface area contributed by atoms with Gasteiger partial charge < -0.3 is 0 Å². The van der Waals surface area contributed by atoms with E-state index in [1.807, 2.05) is 31.2 Å². The molecule has 4 rings (SSSR count). The van der Waals surface area contributed by atoms with E-state index in [0.29, 0.717) is 16.0 Å². The fourth-order valence-electron chi connectivity index (χ4n) is 3.09. The summed E-state index contributed by atoms with van der Waals surface area (Å²) >= 11 is 1.38. The van der Waals surface area contributed by atoms with E-state index < -0.39 is 17.3 Å². The monoisotopic (exact) mass is 415 g/mol. The third-order valence-electron chi connectivity index (χ3n) is 4.52. The van der Waals surface area contributed by atoms with Gasteiger partial charge in [-0.25, -0.2) is 9.67 Å². The largest absolute Gasteiger partial charge is 0.416 e. The molecule has 2 aromatic carbocycles. The molecule has 2 aromatic heterocycles. The predicted octanol–water partition coefficient (Wildman–Crippen LogP) is 5.20. The molecule has 0 aliphatic rings. The number of aryl methyl sites for hydroxylation is 2. The predicted molar refractivity (Wildman–Crippen MR) is 107 cm³/mol. The quantitative estimate of drug-likeness (QED) is 0.462. The molecule has 0 atom stereocenters. The lowest BCUT2D eigenvalue weighted by Crippen LogP contribution is -2.24. The van der Waals surface area contributed by atoms with E-state index in [4.69, 9.17) is 0 Å². The molecule has 29 heavy (non-hydrogen) atoms. The molecule has 4 aromatic rings. The van der Waals surface area contributed by atoms with Crippen molar-refractivity contribution in [1.29, 1.82) is 0 Å². The molecule has 4 nitrogen and oxygen atoms in total. The molecule has 8 heteroatoms. The van der Waals surface area contributed by atoms with E-state index >= 15 is 0 Å². The zero-order valence-corrected chi connectivity index (χ0v) is 16.4. The van der Waals surface area contributed by atoms with E-state index in [1.54, 1.807) is 13.0 Å². The lowest BCUT2D eigenvalue weighted by Gasteiger charge is -2.11. The average molecular weight is 415 g/mol. The molecular weight excluding hydrogens is 399 g/mol. The van der Waals surface area contributed by atoms with E-state index in [0.717, 1.165) is 28.3 Å². The van der Waals surface area contributed by atoms with Crippen molar-refractivity contribution in [3.63, 3.8) is 0 Å². The van der Waals surface area contributed by atoms with Crippen molar-refractivity contribution in [3.8, 4) is 11.3 Å². The fourth-order valence-corrected chi connectivity index (χ4v) is 4.01. The highest BCUT2D eigenvalue weighted by Gasteiger charge is 2.30. The van der Waals surface area contributed by atoms with Gasteiger partial charge >= 0.3 is 6.18 Å². The molecule has 0 unspecified atom stereocenters. The number of halogens is 3. The number of hydrogen-bond acceptors (Lipinski definition) is 4. The Hall–Kier alpha value is -3.00. The summed E-state index contributed by atoms with van der Waals surface area (Å²) in [6.45, 7) is 3.70. The van der Waals surface area contributed by atoms with E-state index in [9.17, 15) is 18.0 Å². The van der Waals surface area contributed by atoms with Gasteiger partial charge in [0, 0.05) is 5.56 Å². The van der Waals surface area contributed by atoms with Crippen LogP contribution in [0.1, 0.15) is 21.7 Å². The zero-order valence-electron chi connectivity index (χ0n) is 15.6. The van der Waals surface area contributed by atoms with Crippen LogP contribution in [0.2, 0.25) is 0 Å². The molecule has 0 fully saturated rings. The first-order chi connectivity index (χ1) is 13.7. The summed E-state index contributed by atoms with van der Waals surface area (Å²) in [4.78, 5) is 17.2. The van der Waals surface area contributed by atoms with Crippen molar-refractivity contribution in [2.75, 3.05) is 0 Å². The second-order valence-corrected chi connectivity index (χ2v) is 7.99. The van der Waals surface area contributed by atoms with Gasteiger partial charge in [-0.3, -0.25) is 4.79 Å². The lowest BCUT2D eigenvalue weighted by molar-refractivity contribution is -0.137. The van der Waals surface area contributed by atoms with Crippen LogP contribution in [0.5, 0.6) is 0 Å². The topological polar surface area (TPSA) is 47.8 Å². The van der Waals surface area contributed by atoms with Crippen LogP contribution < -0.4 is 5.56 Å². The van der Waals surface area contributed by atoms with Gasteiger partial charge in [0.1, 0.15) is 5.69 Å². The van der Waals surface area contributed by atoms with Crippen LogP contribution in [-0.2, 0) is 12.7 Å². The Morgan fingerprint density at radius 1 is 1.07 bits per heavy atom. The van der Waals surface area contributed by atoms with Crippen molar-refractivity contribution in [1.82, 2.24) is 14.8 Å². The minimum absolute atomic E-state index is 0.0753. The van der Waals surface area contributed by atoms with Crippen LogP contribution in [0.3, 0.4) is 0 Å². The lowest BCUT2D eigenvalue weighted by atomic mass is 10.1. The summed E-state index contributed by atoms with van der Waals surface area (Å²) in [5.74, 6) is 0. The summed E-state index contributed by atoms with van der Waals surface area (Å²) in [5, 5.41) is 5.22. The second kappa shape index (κ2) is 7.11. The Kier molecular flexibility index (Phi) is 4.74. The number of hydrogen-bond donors (Lipinski definition) is 0. The van der Waals surface area contributed by atoms with E-state index in [2.05, 4.69) is 10.1 Å². The van der Waals surface area contributed by atoms with Gasteiger partial charge in [0.25, 0.3) is 5.56 Å². The first kappa shape index (κ1) is 19.3. The number of rotatable bonds is 3. The third kappa shape index (κ3) is 3.80. The van der Waals surface area contributed by atoms with Crippen molar-refractivity contribution in [2.24, 2.45) is 0 Å². The number of fused-ring (bicyclic) bond motifs is 1. The molecule has 0 aliphatic carbocycles. The maximum absolute atomic E-state index is 13.0. The third-order valence-corrected chi connectivity index (χ3v) is 5.50. The highest BCUT2D eigenvalue weighted by Crippen LogP contribution is 2.31. The Morgan fingerprint density at radius 2 is 1.79 bits per heavy atom. The Bertz CT molecular complexity index is 1260. The molecule has 0 aliphatic heterocycles. The van der Waals surface area contributed by atoms with Gasteiger partial charge in [-0.15, -0.1) is 11.3 Å². The number of alkyl halides is 3. The molecule has 2 heterocycles. The van der Waals surface area contributed by atoms with Gasteiger partial charge in [0.05, 0.1) is 21.8 Å². The van der Waals surface area contributed by atoms with Crippen LogP contribution in [0.25, 0.3) is 21.5 Å². The van der Waals surface area contributed by atoms with Crippen molar-refractivity contribution in [3.05, 3.63) is 80.6 Å². The van der Waals surface area contributed by atoms with Crippen LogP contribution in [0, 0.1) is 13.8 Å². The minimum Gasteiger partial charge on any atom is -0.265 e.